The summed E-state index contributed by atoms with van der Waals surface area (Å²) in [7, 11) is 1.71. The topological polar surface area (TPSA) is 52.6 Å². The number of carbonyl (C=O) groups excluding carboxylic acids is 1. The van der Waals surface area contributed by atoms with E-state index in [9.17, 15) is 9.90 Å². The summed E-state index contributed by atoms with van der Waals surface area (Å²) in [4.78, 5) is 16.2. The molecule has 168 valence electrons. The van der Waals surface area contributed by atoms with Gasteiger partial charge in [-0.15, -0.1) is 12.4 Å². The summed E-state index contributed by atoms with van der Waals surface area (Å²) in [6, 6.07) is 30.5. The number of aliphatic hydroxyl groups excluding tert-OH is 1. The summed E-state index contributed by atoms with van der Waals surface area (Å²) in [6.45, 7) is 2.15. The molecule has 1 aliphatic heterocycles. The van der Waals surface area contributed by atoms with E-state index in [1.54, 1.807) is 7.05 Å². The Balaban J connectivity index is 0.00000289. The molecule has 32 heavy (non-hydrogen) atoms. The Hall–Kier alpha value is -2.66. The molecule has 4 nitrogen and oxygen atoms in total. The van der Waals surface area contributed by atoms with Crippen LogP contribution in [0.5, 0.6) is 0 Å². The van der Waals surface area contributed by atoms with Crippen molar-refractivity contribution in [2.45, 2.75) is 23.9 Å². The molecule has 2 atom stereocenters. The molecule has 1 heterocycles. The summed E-state index contributed by atoms with van der Waals surface area (Å²) in [6.07, 6.45) is 0.463. The molecule has 5 heteroatoms. The maximum Gasteiger partial charge on any atom is 0.235 e. The minimum Gasteiger partial charge on any atom is -0.392 e. The van der Waals surface area contributed by atoms with Crippen LogP contribution in [0.15, 0.2) is 91.0 Å². The van der Waals surface area contributed by atoms with Crippen molar-refractivity contribution in [3.05, 3.63) is 108 Å². The molecule has 4 rings (SSSR count). The first-order valence-corrected chi connectivity index (χ1v) is 10.9. The number of nitrogens with one attached hydrogen (secondary N) is 1. The van der Waals surface area contributed by atoms with Crippen LogP contribution in [0.25, 0.3) is 0 Å². The standard InChI is InChI=1S/C27H30N2O2.ClH/c1-28-26(31)27(22-13-7-3-8-14-22,23-15-9-4-10-16-23)25(21-11-5-2-6-12-21)20-29-18-17-24(30)19-29;/h2-16,24-25,30H,17-20H2,1H3,(H,28,31);1H/t24-,25-;/m0./s1. The first kappa shape index (κ1) is 24.0. The lowest BCUT2D eigenvalue weighted by molar-refractivity contribution is -0.125. The van der Waals surface area contributed by atoms with Crippen LogP contribution in [-0.4, -0.2) is 48.7 Å². The SMILES string of the molecule is CNC(=O)C(c1ccccc1)(c1ccccc1)[C@@H](CN1CC[C@H](O)C1)c1ccccc1.Cl. The van der Waals surface area contributed by atoms with E-state index in [-0.39, 0.29) is 30.3 Å². The molecular weight excluding hydrogens is 420 g/mol. The molecule has 0 spiro atoms. The van der Waals surface area contributed by atoms with Crippen LogP contribution < -0.4 is 5.32 Å². The number of benzene rings is 3. The van der Waals surface area contributed by atoms with Gasteiger partial charge < -0.3 is 15.3 Å². The van der Waals surface area contributed by atoms with Crippen LogP contribution in [0.2, 0.25) is 0 Å². The smallest absolute Gasteiger partial charge is 0.235 e. The Bertz CT molecular complexity index is 943. The second-order valence-corrected chi connectivity index (χ2v) is 8.28. The van der Waals surface area contributed by atoms with Gasteiger partial charge in [0.2, 0.25) is 5.91 Å². The number of likely N-dealkylation sites (N-methyl/N-ethyl adjacent to an activating group) is 1. The number of amides is 1. The number of likely N-dealkylation sites (tertiary alicyclic amines) is 1. The molecule has 1 aliphatic rings. The normalized spacial score (nSPS) is 17.4. The van der Waals surface area contributed by atoms with Gasteiger partial charge in [0.05, 0.1) is 6.10 Å². The van der Waals surface area contributed by atoms with Gasteiger partial charge in [-0.25, -0.2) is 0 Å². The fourth-order valence-corrected chi connectivity index (χ4v) is 5.00. The second-order valence-electron chi connectivity index (χ2n) is 8.28. The first-order valence-electron chi connectivity index (χ1n) is 10.9. The fraction of sp³-hybridized carbons (Fsp3) is 0.296. The molecule has 3 aromatic rings. The minimum absolute atomic E-state index is 0. The third-order valence-corrected chi connectivity index (χ3v) is 6.46. The zero-order valence-corrected chi connectivity index (χ0v) is 19.2. The first-order chi connectivity index (χ1) is 15.2. The van der Waals surface area contributed by atoms with Gasteiger partial charge in [0.1, 0.15) is 5.41 Å². The van der Waals surface area contributed by atoms with Crippen molar-refractivity contribution < 1.29 is 9.90 Å². The van der Waals surface area contributed by atoms with Crippen LogP contribution in [0.1, 0.15) is 29.0 Å². The van der Waals surface area contributed by atoms with E-state index in [0.717, 1.165) is 29.7 Å². The Morgan fingerprint density at radius 1 is 0.969 bits per heavy atom. The van der Waals surface area contributed by atoms with Crippen molar-refractivity contribution >= 4 is 18.3 Å². The third kappa shape index (κ3) is 4.58. The summed E-state index contributed by atoms with van der Waals surface area (Å²) < 4.78 is 0. The highest BCUT2D eigenvalue weighted by atomic mass is 35.5. The van der Waals surface area contributed by atoms with Gasteiger partial charge in [-0.2, -0.15) is 0 Å². The van der Waals surface area contributed by atoms with Crippen molar-refractivity contribution in [1.29, 1.82) is 0 Å². The lowest BCUT2D eigenvalue weighted by Crippen LogP contribution is -2.51. The van der Waals surface area contributed by atoms with Gasteiger partial charge in [0.25, 0.3) is 0 Å². The van der Waals surface area contributed by atoms with Gasteiger partial charge >= 0.3 is 0 Å². The number of halogens is 1. The zero-order valence-electron chi connectivity index (χ0n) is 18.4. The Morgan fingerprint density at radius 3 is 1.91 bits per heavy atom. The number of aliphatic hydroxyl groups is 1. The van der Waals surface area contributed by atoms with Crippen molar-refractivity contribution in [3.63, 3.8) is 0 Å². The monoisotopic (exact) mass is 450 g/mol. The largest absolute Gasteiger partial charge is 0.392 e. The molecule has 1 fully saturated rings. The van der Waals surface area contributed by atoms with E-state index in [1.807, 2.05) is 54.6 Å². The summed E-state index contributed by atoms with van der Waals surface area (Å²) in [5.74, 6) is -0.165. The van der Waals surface area contributed by atoms with Crippen molar-refractivity contribution in [2.24, 2.45) is 0 Å². The van der Waals surface area contributed by atoms with Gasteiger partial charge in [-0.1, -0.05) is 91.0 Å². The molecule has 0 bridgehead atoms. The number of nitrogens with zero attached hydrogens (tertiary/aromatic N) is 1. The lowest BCUT2D eigenvalue weighted by atomic mass is 9.62. The molecule has 0 aromatic heterocycles. The Labute approximate surface area is 196 Å². The van der Waals surface area contributed by atoms with E-state index in [2.05, 4.69) is 46.6 Å². The minimum atomic E-state index is -0.911. The van der Waals surface area contributed by atoms with Crippen LogP contribution >= 0.6 is 12.4 Å². The average Bonchev–Trinajstić information content (AvgIpc) is 3.25. The van der Waals surface area contributed by atoms with E-state index in [1.165, 1.54) is 0 Å². The van der Waals surface area contributed by atoms with Gasteiger partial charge in [-0.05, 0) is 23.1 Å². The lowest BCUT2D eigenvalue weighted by Gasteiger charge is -2.42. The Morgan fingerprint density at radius 2 is 1.47 bits per heavy atom. The maximum atomic E-state index is 13.9. The Kier molecular flexibility index (Phi) is 8.08. The van der Waals surface area contributed by atoms with Crippen molar-refractivity contribution in [3.8, 4) is 0 Å². The van der Waals surface area contributed by atoms with Gasteiger partial charge in [-0.3, -0.25) is 4.79 Å². The highest BCUT2D eigenvalue weighted by Crippen LogP contribution is 2.46. The quantitative estimate of drug-likeness (QED) is 0.572. The molecule has 3 aromatic carbocycles. The maximum absolute atomic E-state index is 13.9. The molecule has 0 saturated carbocycles. The molecule has 0 radical (unpaired) electrons. The van der Waals surface area contributed by atoms with Gasteiger partial charge in [0.15, 0.2) is 0 Å². The average molecular weight is 451 g/mol. The molecule has 2 N–H and O–H groups in total. The second kappa shape index (κ2) is 10.8. The van der Waals surface area contributed by atoms with Gasteiger partial charge in [0, 0.05) is 32.6 Å². The summed E-state index contributed by atoms with van der Waals surface area (Å²) >= 11 is 0. The van der Waals surface area contributed by atoms with Crippen LogP contribution in [0.4, 0.5) is 0 Å². The third-order valence-electron chi connectivity index (χ3n) is 6.46. The van der Waals surface area contributed by atoms with E-state index < -0.39 is 5.41 Å². The molecule has 1 saturated heterocycles. The van der Waals surface area contributed by atoms with E-state index in [0.29, 0.717) is 13.1 Å². The molecular formula is C27H31ClN2O2. The zero-order chi connectivity index (χ0) is 21.7. The van der Waals surface area contributed by atoms with Crippen molar-refractivity contribution in [2.75, 3.05) is 26.7 Å². The van der Waals surface area contributed by atoms with E-state index in [4.69, 9.17) is 0 Å². The van der Waals surface area contributed by atoms with Crippen LogP contribution in [-0.2, 0) is 10.2 Å². The number of hydrogen-bond donors (Lipinski definition) is 2. The molecule has 0 unspecified atom stereocenters. The summed E-state index contributed by atoms with van der Waals surface area (Å²) in [5, 5.41) is 13.1. The highest BCUT2D eigenvalue weighted by Gasteiger charge is 2.49. The fourth-order valence-electron chi connectivity index (χ4n) is 5.00. The number of hydrogen-bond acceptors (Lipinski definition) is 3. The van der Waals surface area contributed by atoms with Crippen molar-refractivity contribution in [1.82, 2.24) is 10.2 Å². The van der Waals surface area contributed by atoms with Crippen LogP contribution in [0.3, 0.4) is 0 Å². The van der Waals surface area contributed by atoms with E-state index >= 15 is 0 Å². The predicted molar refractivity (Wildman–Crippen MR) is 131 cm³/mol. The number of β-amino-alcohol motifs (C(OH)–C–C–N with tert-alkyl or cyclic N) is 1. The number of rotatable bonds is 7. The highest BCUT2D eigenvalue weighted by molar-refractivity contribution is 5.93. The number of carbonyl (C=O) groups is 1. The molecule has 0 aliphatic carbocycles. The van der Waals surface area contributed by atoms with Crippen LogP contribution in [0, 0.1) is 0 Å². The summed E-state index contributed by atoms with van der Waals surface area (Å²) in [5.41, 5.74) is 2.13. The molecule has 1 amide bonds. The predicted octanol–water partition coefficient (Wildman–Crippen LogP) is 3.99.